The molecule has 0 aliphatic carbocycles. The third-order valence-electron chi connectivity index (χ3n) is 3.48. The van der Waals surface area contributed by atoms with Crippen LogP contribution in [0, 0.1) is 12.7 Å². The Kier molecular flexibility index (Phi) is 5.84. The van der Waals surface area contributed by atoms with Crippen molar-refractivity contribution in [3.63, 3.8) is 0 Å². The van der Waals surface area contributed by atoms with Gasteiger partial charge in [0, 0.05) is 10.0 Å². The Bertz CT molecular complexity index is 737. The van der Waals surface area contributed by atoms with E-state index in [1.165, 1.54) is 19.1 Å². The van der Waals surface area contributed by atoms with Gasteiger partial charge in [-0.3, -0.25) is 0 Å². The summed E-state index contributed by atoms with van der Waals surface area (Å²) in [4.78, 5) is 25.6. The van der Waals surface area contributed by atoms with E-state index in [-0.39, 0.29) is 35.3 Å². The van der Waals surface area contributed by atoms with E-state index in [0.29, 0.717) is 10.0 Å². The fourth-order valence-electron chi connectivity index (χ4n) is 2.24. The molecule has 0 saturated carbocycles. The maximum absolute atomic E-state index is 13.8. The number of hydrogen-bond donors (Lipinski definition) is 0. The number of esters is 2. The quantitative estimate of drug-likeness (QED) is 0.698. The predicted octanol–water partition coefficient (Wildman–Crippen LogP) is 2.94. The first-order valence-electron chi connectivity index (χ1n) is 6.72. The summed E-state index contributed by atoms with van der Waals surface area (Å²) in [7, 11) is 2.37. The molecule has 0 unspecified atom stereocenters. The van der Waals surface area contributed by atoms with Crippen LogP contribution in [0.4, 0.5) is 10.1 Å². The van der Waals surface area contributed by atoms with Gasteiger partial charge >= 0.3 is 11.9 Å². The number of methoxy groups -OCH3 is 2. The van der Waals surface area contributed by atoms with Crippen LogP contribution in [0.15, 0.2) is 21.8 Å². The first-order chi connectivity index (χ1) is 11.3. The van der Waals surface area contributed by atoms with Crippen LogP contribution in [0.1, 0.15) is 5.56 Å². The molecule has 0 fully saturated rings. The van der Waals surface area contributed by atoms with Crippen molar-refractivity contribution >= 4 is 45.2 Å². The molecule has 0 aromatic heterocycles. The zero-order chi connectivity index (χ0) is 18.0. The van der Waals surface area contributed by atoms with E-state index in [4.69, 9.17) is 21.1 Å². The average Bonchev–Trinajstić information content (AvgIpc) is 2.58. The normalized spacial score (nSPS) is 14.7. The van der Waals surface area contributed by atoms with Gasteiger partial charge in [0.25, 0.3) is 0 Å². The minimum absolute atomic E-state index is 0.0134. The molecule has 1 aromatic rings. The van der Waals surface area contributed by atoms with E-state index < -0.39 is 17.8 Å². The summed E-state index contributed by atoms with van der Waals surface area (Å²) >= 11 is 9.43. The molecule has 0 atom stereocenters. The summed E-state index contributed by atoms with van der Waals surface area (Å²) in [5.74, 6) is -2.00. The SMILES string of the molecule is COC(=O)C1=C(C(=O)OC)N(c2c(Cl)cc(F)c(C)c2Br)COC1. The molecule has 2 rings (SSSR count). The number of carbonyl (C=O) groups is 2. The number of halogens is 3. The van der Waals surface area contributed by atoms with Crippen LogP contribution < -0.4 is 4.90 Å². The molecule has 1 aliphatic rings. The second-order valence-electron chi connectivity index (χ2n) is 4.84. The molecule has 0 spiro atoms. The molecule has 24 heavy (non-hydrogen) atoms. The second kappa shape index (κ2) is 7.50. The zero-order valence-electron chi connectivity index (χ0n) is 13.1. The number of anilines is 1. The minimum Gasteiger partial charge on any atom is -0.466 e. The van der Waals surface area contributed by atoms with Crippen molar-refractivity contribution in [3.8, 4) is 0 Å². The molecule has 130 valence electrons. The lowest BCUT2D eigenvalue weighted by molar-refractivity contribution is -0.140. The number of carbonyl (C=O) groups excluding carboxylic acids is 2. The number of hydrogen-bond acceptors (Lipinski definition) is 6. The summed E-state index contributed by atoms with van der Waals surface area (Å²) < 4.78 is 29.0. The summed E-state index contributed by atoms with van der Waals surface area (Å²) in [6.07, 6.45) is 0. The number of rotatable bonds is 3. The van der Waals surface area contributed by atoms with Gasteiger partial charge in [0.2, 0.25) is 0 Å². The molecule has 9 heteroatoms. The largest absolute Gasteiger partial charge is 0.466 e. The predicted molar refractivity (Wildman–Crippen MR) is 88.2 cm³/mol. The van der Waals surface area contributed by atoms with Gasteiger partial charge in [-0.15, -0.1) is 0 Å². The number of benzene rings is 1. The fourth-order valence-corrected chi connectivity index (χ4v) is 3.27. The van der Waals surface area contributed by atoms with E-state index >= 15 is 0 Å². The Morgan fingerprint density at radius 1 is 1.33 bits per heavy atom. The van der Waals surface area contributed by atoms with Gasteiger partial charge in [-0.05, 0) is 28.9 Å². The van der Waals surface area contributed by atoms with Crippen LogP contribution >= 0.6 is 27.5 Å². The molecule has 1 aliphatic heterocycles. The number of nitrogens with zero attached hydrogens (tertiary/aromatic N) is 1. The van der Waals surface area contributed by atoms with E-state index in [9.17, 15) is 14.0 Å². The van der Waals surface area contributed by atoms with Gasteiger partial charge in [-0.2, -0.15) is 0 Å². The van der Waals surface area contributed by atoms with Gasteiger partial charge in [-0.1, -0.05) is 11.6 Å². The van der Waals surface area contributed by atoms with Crippen molar-refractivity contribution < 1.29 is 28.2 Å². The third kappa shape index (κ3) is 3.26. The van der Waals surface area contributed by atoms with Gasteiger partial charge in [0.15, 0.2) is 0 Å². The molecular weight excluding hydrogens is 409 g/mol. The molecule has 1 heterocycles. The number of ether oxygens (including phenoxy) is 3. The molecule has 1 aromatic carbocycles. The average molecular weight is 423 g/mol. The Morgan fingerprint density at radius 3 is 2.54 bits per heavy atom. The van der Waals surface area contributed by atoms with E-state index in [2.05, 4.69) is 20.7 Å². The fraction of sp³-hybridized carbons (Fsp3) is 0.333. The topological polar surface area (TPSA) is 65.1 Å². The van der Waals surface area contributed by atoms with Crippen molar-refractivity contribution in [1.82, 2.24) is 0 Å². The van der Waals surface area contributed by atoms with Crippen LogP contribution in [0.2, 0.25) is 5.02 Å². The van der Waals surface area contributed by atoms with Crippen LogP contribution in [0.5, 0.6) is 0 Å². The van der Waals surface area contributed by atoms with Crippen LogP contribution in [-0.4, -0.2) is 39.5 Å². The Morgan fingerprint density at radius 2 is 1.96 bits per heavy atom. The third-order valence-corrected chi connectivity index (χ3v) is 4.74. The van der Waals surface area contributed by atoms with Gasteiger partial charge in [0.05, 0.1) is 37.1 Å². The Balaban J connectivity index is 2.71. The standard InChI is InChI=1S/C15H14BrClFNO5/c1-7-10(18)4-9(17)13(11(7)16)19-6-24-5-8(14(20)22-2)12(19)15(21)23-3/h4H,5-6H2,1-3H3. The van der Waals surface area contributed by atoms with Crippen LogP contribution in [0.25, 0.3) is 0 Å². The summed E-state index contributed by atoms with van der Waals surface area (Å²) in [5.41, 5.74) is 0.505. The lowest BCUT2D eigenvalue weighted by atomic mass is 10.1. The van der Waals surface area contributed by atoms with E-state index in [1.54, 1.807) is 6.92 Å². The van der Waals surface area contributed by atoms with Crippen molar-refractivity contribution in [2.45, 2.75) is 6.92 Å². The highest BCUT2D eigenvalue weighted by Gasteiger charge is 2.34. The first kappa shape index (κ1) is 18.7. The zero-order valence-corrected chi connectivity index (χ0v) is 15.5. The highest BCUT2D eigenvalue weighted by Crippen LogP contribution is 2.41. The Labute approximate surface area is 151 Å². The molecule has 6 nitrogen and oxygen atoms in total. The molecular formula is C15H14BrClFNO5. The highest BCUT2D eigenvalue weighted by molar-refractivity contribution is 9.10. The summed E-state index contributed by atoms with van der Waals surface area (Å²) in [6.45, 7) is 1.35. The van der Waals surface area contributed by atoms with Crippen LogP contribution in [0.3, 0.4) is 0 Å². The van der Waals surface area contributed by atoms with Crippen molar-refractivity contribution in [3.05, 3.63) is 38.2 Å². The molecule has 0 amide bonds. The first-order valence-corrected chi connectivity index (χ1v) is 7.89. The van der Waals surface area contributed by atoms with E-state index in [1.807, 2.05) is 0 Å². The monoisotopic (exact) mass is 421 g/mol. The summed E-state index contributed by atoms with van der Waals surface area (Å²) in [6, 6.07) is 1.12. The van der Waals surface area contributed by atoms with Gasteiger partial charge in [0.1, 0.15) is 18.2 Å². The minimum atomic E-state index is -0.761. The smallest absolute Gasteiger partial charge is 0.355 e. The van der Waals surface area contributed by atoms with Gasteiger partial charge < -0.3 is 19.1 Å². The maximum Gasteiger partial charge on any atom is 0.355 e. The molecule has 0 radical (unpaired) electrons. The lowest BCUT2D eigenvalue weighted by Gasteiger charge is -2.32. The summed E-state index contributed by atoms with van der Waals surface area (Å²) in [5, 5.41) is 0.0427. The molecule has 0 bridgehead atoms. The maximum atomic E-state index is 13.8. The van der Waals surface area contributed by atoms with Gasteiger partial charge in [-0.25, -0.2) is 14.0 Å². The molecule has 0 N–H and O–H groups in total. The van der Waals surface area contributed by atoms with E-state index in [0.717, 1.165) is 6.07 Å². The Hall–Kier alpha value is -1.64. The molecule has 0 saturated heterocycles. The van der Waals surface area contributed by atoms with Crippen molar-refractivity contribution in [2.24, 2.45) is 0 Å². The van der Waals surface area contributed by atoms with Crippen molar-refractivity contribution in [2.75, 3.05) is 32.5 Å². The van der Waals surface area contributed by atoms with Crippen molar-refractivity contribution in [1.29, 1.82) is 0 Å². The second-order valence-corrected chi connectivity index (χ2v) is 6.04. The van der Waals surface area contributed by atoms with Crippen LogP contribution in [-0.2, 0) is 23.8 Å². The highest BCUT2D eigenvalue weighted by atomic mass is 79.9. The lowest BCUT2D eigenvalue weighted by Crippen LogP contribution is -2.39.